The number of halogens is 2. The first-order valence-corrected chi connectivity index (χ1v) is 4.54. The lowest BCUT2D eigenvalue weighted by atomic mass is 10.1. The number of hydrogen-bond donors (Lipinski definition) is 0. The molecule has 0 saturated carbocycles. The van der Waals surface area contributed by atoms with Crippen molar-refractivity contribution in [2.75, 3.05) is 0 Å². The van der Waals surface area contributed by atoms with Crippen molar-refractivity contribution in [3.05, 3.63) is 41.6 Å². The topological polar surface area (TPSA) is 17.8 Å². The van der Waals surface area contributed by atoms with Crippen LogP contribution in [0.4, 0.5) is 8.78 Å². The van der Waals surface area contributed by atoms with Gasteiger partial charge in [0, 0.05) is 12.6 Å². The molecule has 1 aromatic heterocycles. The first kappa shape index (κ1) is 9.83. The SMILES string of the molecule is Cc1cc(-c2cc(F)ccc2F)n(C)n1. The highest BCUT2D eigenvalue weighted by molar-refractivity contribution is 5.60. The molecule has 0 fully saturated rings. The van der Waals surface area contributed by atoms with Crippen molar-refractivity contribution in [3.8, 4) is 11.3 Å². The molecule has 2 rings (SSSR count). The van der Waals surface area contributed by atoms with E-state index in [9.17, 15) is 8.78 Å². The Bertz CT molecular complexity index is 503. The predicted molar refractivity (Wildman–Crippen MR) is 53.3 cm³/mol. The summed E-state index contributed by atoms with van der Waals surface area (Å²) in [5.41, 5.74) is 1.58. The van der Waals surface area contributed by atoms with Crippen LogP contribution in [0.2, 0.25) is 0 Å². The van der Waals surface area contributed by atoms with Crippen molar-refractivity contribution < 1.29 is 8.78 Å². The molecule has 1 heterocycles. The highest BCUT2D eigenvalue weighted by atomic mass is 19.1. The van der Waals surface area contributed by atoms with E-state index in [1.807, 2.05) is 0 Å². The Morgan fingerprint density at radius 2 is 1.93 bits per heavy atom. The summed E-state index contributed by atoms with van der Waals surface area (Å²) in [6.45, 7) is 1.81. The molecule has 4 heteroatoms. The van der Waals surface area contributed by atoms with Crippen LogP contribution in [0.15, 0.2) is 24.3 Å². The quantitative estimate of drug-likeness (QED) is 0.704. The second kappa shape index (κ2) is 3.46. The Kier molecular flexibility index (Phi) is 2.26. The Morgan fingerprint density at radius 1 is 1.20 bits per heavy atom. The van der Waals surface area contributed by atoms with Crippen LogP contribution in [-0.4, -0.2) is 9.78 Å². The van der Waals surface area contributed by atoms with E-state index in [0.717, 1.165) is 17.8 Å². The first-order chi connectivity index (χ1) is 7.08. The number of rotatable bonds is 1. The van der Waals surface area contributed by atoms with E-state index in [1.54, 1.807) is 20.0 Å². The Hall–Kier alpha value is -1.71. The van der Waals surface area contributed by atoms with Gasteiger partial charge >= 0.3 is 0 Å². The van der Waals surface area contributed by atoms with Gasteiger partial charge in [0.1, 0.15) is 11.6 Å². The van der Waals surface area contributed by atoms with Gasteiger partial charge in [0.05, 0.1) is 11.4 Å². The molecule has 78 valence electrons. The summed E-state index contributed by atoms with van der Waals surface area (Å²) in [4.78, 5) is 0. The first-order valence-electron chi connectivity index (χ1n) is 4.54. The van der Waals surface area contributed by atoms with Crippen molar-refractivity contribution in [1.29, 1.82) is 0 Å². The Labute approximate surface area is 86.2 Å². The van der Waals surface area contributed by atoms with E-state index < -0.39 is 11.6 Å². The van der Waals surface area contributed by atoms with Gasteiger partial charge in [-0.3, -0.25) is 4.68 Å². The standard InChI is InChI=1S/C11H10F2N2/c1-7-5-11(15(2)14-7)9-6-8(12)3-4-10(9)13/h3-6H,1-2H3. The molecular weight excluding hydrogens is 198 g/mol. The third kappa shape index (κ3) is 1.75. The summed E-state index contributed by atoms with van der Waals surface area (Å²) in [6, 6.07) is 5.11. The van der Waals surface area contributed by atoms with Crippen LogP contribution >= 0.6 is 0 Å². The zero-order valence-electron chi connectivity index (χ0n) is 8.46. The highest BCUT2D eigenvalue weighted by Gasteiger charge is 2.10. The van der Waals surface area contributed by atoms with Crippen LogP contribution in [0.1, 0.15) is 5.69 Å². The highest BCUT2D eigenvalue weighted by Crippen LogP contribution is 2.23. The maximum Gasteiger partial charge on any atom is 0.132 e. The number of benzene rings is 1. The average molecular weight is 208 g/mol. The normalized spacial score (nSPS) is 10.7. The third-order valence-electron chi connectivity index (χ3n) is 2.21. The lowest BCUT2D eigenvalue weighted by molar-refractivity contribution is 0.601. The molecule has 15 heavy (non-hydrogen) atoms. The van der Waals surface area contributed by atoms with Crippen LogP contribution in [-0.2, 0) is 7.05 Å². The van der Waals surface area contributed by atoms with E-state index in [-0.39, 0.29) is 5.56 Å². The molecule has 0 aliphatic rings. The van der Waals surface area contributed by atoms with Gasteiger partial charge in [-0.15, -0.1) is 0 Å². The lowest BCUT2D eigenvalue weighted by Gasteiger charge is -2.03. The van der Waals surface area contributed by atoms with Crippen molar-refractivity contribution in [2.45, 2.75) is 6.92 Å². The van der Waals surface area contributed by atoms with E-state index >= 15 is 0 Å². The fourth-order valence-corrected chi connectivity index (χ4v) is 1.56. The zero-order chi connectivity index (χ0) is 11.0. The van der Waals surface area contributed by atoms with E-state index in [2.05, 4.69) is 5.10 Å². The minimum absolute atomic E-state index is 0.234. The van der Waals surface area contributed by atoms with Gasteiger partial charge in [0.2, 0.25) is 0 Å². The van der Waals surface area contributed by atoms with Crippen molar-refractivity contribution in [2.24, 2.45) is 7.05 Å². The molecule has 0 amide bonds. The summed E-state index contributed by atoms with van der Waals surface area (Å²) in [5, 5.41) is 4.09. The van der Waals surface area contributed by atoms with Crippen molar-refractivity contribution in [3.63, 3.8) is 0 Å². The molecule has 0 saturated heterocycles. The lowest BCUT2D eigenvalue weighted by Crippen LogP contribution is -1.96. The van der Waals surface area contributed by atoms with Crippen LogP contribution in [0.5, 0.6) is 0 Å². The van der Waals surface area contributed by atoms with Crippen LogP contribution in [0, 0.1) is 18.6 Å². The monoisotopic (exact) mass is 208 g/mol. The maximum absolute atomic E-state index is 13.4. The Morgan fingerprint density at radius 3 is 2.53 bits per heavy atom. The molecule has 0 radical (unpaired) electrons. The molecule has 0 unspecified atom stereocenters. The molecule has 0 N–H and O–H groups in total. The zero-order valence-corrected chi connectivity index (χ0v) is 8.46. The van der Waals surface area contributed by atoms with Crippen LogP contribution in [0.25, 0.3) is 11.3 Å². The summed E-state index contributed by atoms with van der Waals surface area (Å²) in [5.74, 6) is -0.898. The predicted octanol–water partition coefficient (Wildman–Crippen LogP) is 2.67. The number of nitrogens with zero attached hydrogens (tertiary/aromatic N) is 2. The fourth-order valence-electron chi connectivity index (χ4n) is 1.56. The van der Waals surface area contributed by atoms with Crippen molar-refractivity contribution >= 4 is 0 Å². The van der Waals surface area contributed by atoms with Gasteiger partial charge in [-0.2, -0.15) is 5.10 Å². The van der Waals surface area contributed by atoms with Gasteiger partial charge < -0.3 is 0 Å². The molecule has 2 nitrogen and oxygen atoms in total. The number of aryl methyl sites for hydroxylation is 2. The van der Waals surface area contributed by atoms with E-state index in [1.165, 1.54) is 10.7 Å². The van der Waals surface area contributed by atoms with Gasteiger partial charge in [0.25, 0.3) is 0 Å². The van der Waals surface area contributed by atoms with Gasteiger partial charge in [-0.05, 0) is 31.2 Å². The summed E-state index contributed by atoms with van der Waals surface area (Å²) >= 11 is 0. The van der Waals surface area contributed by atoms with Gasteiger partial charge in [0.15, 0.2) is 0 Å². The molecule has 0 bridgehead atoms. The van der Waals surface area contributed by atoms with E-state index in [0.29, 0.717) is 5.69 Å². The molecule has 0 atom stereocenters. The molecule has 2 aromatic rings. The second-order valence-electron chi connectivity index (χ2n) is 3.42. The minimum Gasteiger partial charge on any atom is -0.268 e. The number of hydrogen-bond acceptors (Lipinski definition) is 1. The molecule has 0 aliphatic heterocycles. The summed E-state index contributed by atoms with van der Waals surface area (Å²) < 4.78 is 27.9. The molecular formula is C11H10F2N2. The van der Waals surface area contributed by atoms with Crippen LogP contribution < -0.4 is 0 Å². The molecule has 0 aliphatic carbocycles. The van der Waals surface area contributed by atoms with Crippen LogP contribution in [0.3, 0.4) is 0 Å². The maximum atomic E-state index is 13.4. The second-order valence-corrected chi connectivity index (χ2v) is 3.42. The fraction of sp³-hybridized carbons (Fsp3) is 0.182. The minimum atomic E-state index is -0.453. The number of aromatic nitrogens is 2. The summed E-state index contributed by atoms with van der Waals surface area (Å²) in [6.07, 6.45) is 0. The molecule has 0 spiro atoms. The summed E-state index contributed by atoms with van der Waals surface area (Å²) in [7, 11) is 1.70. The van der Waals surface area contributed by atoms with E-state index in [4.69, 9.17) is 0 Å². The van der Waals surface area contributed by atoms with Gasteiger partial charge in [-0.25, -0.2) is 8.78 Å². The third-order valence-corrected chi connectivity index (χ3v) is 2.21. The molecule has 1 aromatic carbocycles. The largest absolute Gasteiger partial charge is 0.268 e. The smallest absolute Gasteiger partial charge is 0.132 e. The average Bonchev–Trinajstić information content (AvgIpc) is 2.50. The van der Waals surface area contributed by atoms with Crippen molar-refractivity contribution in [1.82, 2.24) is 9.78 Å². The van der Waals surface area contributed by atoms with Gasteiger partial charge in [-0.1, -0.05) is 0 Å². The Balaban J connectivity index is 2.62.